The van der Waals surface area contributed by atoms with E-state index in [1.54, 1.807) is 48.5 Å². The molecule has 12 heteroatoms. The van der Waals surface area contributed by atoms with Crippen LogP contribution in [-0.4, -0.2) is 45.8 Å². The van der Waals surface area contributed by atoms with E-state index in [1.165, 1.54) is 36.4 Å². The average molecular weight is 745 g/mol. The van der Waals surface area contributed by atoms with Crippen LogP contribution in [0.4, 0.5) is 11.4 Å². The van der Waals surface area contributed by atoms with E-state index in [2.05, 4.69) is 0 Å². The van der Waals surface area contributed by atoms with E-state index in [0.29, 0.717) is 34.4 Å². The Morgan fingerprint density at radius 2 is 0.732 bits per heavy atom. The molecule has 12 nitrogen and oxygen atoms in total. The molecule has 0 unspecified atom stereocenters. The lowest BCUT2D eigenvalue weighted by molar-refractivity contribution is 0.0686. The molecule has 2 heterocycles. The molecule has 0 spiro atoms. The van der Waals surface area contributed by atoms with Gasteiger partial charge in [-0.2, -0.15) is 0 Å². The van der Waals surface area contributed by atoms with Gasteiger partial charge in [0.25, 0.3) is 23.6 Å². The van der Waals surface area contributed by atoms with Gasteiger partial charge in [-0.1, -0.05) is 12.1 Å². The van der Waals surface area contributed by atoms with Gasteiger partial charge in [-0.15, -0.1) is 0 Å². The van der Waals surface area contributed by atoms with Gasteiger partial charge in [0, 0.05) is 0 Å². The van der Waals surface area contributed by atoms with Crippen LogP contribution < -0.4 is 19.3 Å². The van der Waals surface area contributed by atoms with E-state index in [4.69, 9.17) is 9.47 Å². The number of carboxylic acid groups (broad SMARTS) is 2. The highest BCUT2D eigenvalue weighted by Gasteiger charge is 2.38. The quantitative estimate of drug-likeness (QED) is 0.137. The summed E-state index contributed by atoms with van der Waals surface area (Å²) in [6, 6.07) is 32.0. The van der Waals surface area contributed by atoms with Crippen LogP contribution >= 0.6 is 0 Å². The SMILES string of the molecule is Cc1cc(Oc2ccc(N3C(=O)c4ccc(C(=O)O)cc4C3=O)cc2)ccc1-c1ccc(Oc2ccc(N3C(=O)c4ccc(C(=O)O)cc4C3=O)cc2)cc1C. The summed E-state index contributed by atoms with van der Waals surface area (Å²) in [5.41, 5.74) is 4.73. The minimum absolute atomic E-state index is 0.0412. The van der Waals surface area contributed by atoms with Gasteiger partial charge >= 0.3 is 11.9 Å². The lowest BCUT2D eigenvalue weighted by Crippen LogP contribution is -2.29. The zero-order chi connectivity index (χ0) is 39.4. The number of rotatable bonds is 9. The number of imide groups is 2. The van der Waals surface area contributed by atoms with Gasteiger partial charge in [-0.05, 0) is 145 Å². The van der Waals surface area contributed by atoms with Crippen molar-refractivity contribution in [1.29, 1.82) is 0 Å². The Balaban J connectivity index is 0.921. The molecule has 56 heavy (non-hydrogen) atoms. The van der Waals surface area contributed by atoms with Crippen LogP contribution in [0.3, 0.4) is 0 Å². The highest BCUT2D eigenvalue weighted by Crippen LogP contribution is 2.36. The summed E-state index contributed by atoms with van der Waals surface area (Å²) in [5, 5.41) is 18.6. The van der Waals surface area contributed by atoms with E-state index in [9.17, 15) is 39.0 Å². The Kier molecular flexibility index (Phi) is 8.50. The monoisotopic (exact) mass is 744 g/mol. The number of anilines is 2. The van der Waals surface area contributed by atoms with Crippen LogP contribution in [0.15, 0.2) is 121 Å². The van der Waals surface area contributed by atoms with Crippen LogP contribution in [0.25, 0.3) is 11.1 Å². The molecule has 2 N–H and O–H groups in total. The number of carbonyl (C=O) groups is 6. The van der Waals surface area contributed by atoms with E-state index < -0.39 is 35.6 Å². The molecule has 0 saturated heterocycles. The highest BCUT2D eigenvalue weighted by atomic mass is 16.5. The van der Waals surface area contributed by atoms with Crippen molar-refractivity contribution in [2.45, 2.75) is 13.8 Å². The Bertz CT molecular complexity index is 2510. The maximum atomic E-state index is 13.0. The van der Waals surface area contributed by atoms with Gasteiger partial charge in [0.05, 0.1) is 44.8 Å². The molecular weight excluding hydrogens is 716 g/mol. The number of ether oxygens (including phenoxy) is 2. The largest absolute Gasteiger partial charge is 0.478 e. The summed E-state index contributed by atoms with van der Waals surface area (Å²) in [6.07, 6.45) is 0. The topological polar surface area (TPSA) is 168 Å². The Morgan fingerprint density at radius 3 is 1.07 bits per heavy atom. The van der Waals surface area contributed by atoms with Gasteiger partial charge < -0.3 is 19.7 Å². The van der Waals surface area contributed by atoms with Crippen LogP contribution in [0.5, 0.6) is 23.0 Å². The Hall–Kier alpha value is -7.86. The van der Waals surface area contributed by atoms with Crippen molar-refractivity contribution in [2.24, 2.45) is 0 Å². The highest BCUT2D eigenvalue weighted by molar-refractivity contribution is 6.35. The molecule has 0 aromatic heterocycles. The third kappa shape index (κ3) is 6.10. The van der Waals surface area contributed by atoms with E-state index in [0.717, 1.165) is 32.1 Å². The van der Waals surface area contributed by atoms with Crippen LogP contribution in [-0.2, 0) is 0 Å². The predicted molar refractivity (Wildman–Crippen MR) is 203 cm³/mol. The number of fused-ring (bicyclic) bond motifs is 2. The summed E-state index contributed by atoms with van der Waals surface area (Å²) < 4.78 is 12.2. The van der Waals surface area contributed by atoms with Crippen molar-refractivity contribution >= 4 is 46.9 Å². The summed E-state index contributed by atoms with van der Waals surface area (Å²) in [4.78, 5) is 76.8. The third-order valence-corrected chi connectivity index (χ3v) is 9.61. The summed E-state index contributed by atoms with van der Waals surface area (Å²) in [6.45, 7) is 3.93. The molecule has 8 rings (SSSR count). The number of carboxylic acids is 2. The molecule has 0 bridgehead atoms. The minimum atomic E-state index is -1.19. The smallest absolute Gasteiger partial charge is 0.335 e. The van der Waals surface area contributed by atoms with Crippen LogP contribution in [0.1, 0.15) is 73.3 Å². The van der Waals surface area contributed by atoms with Crippen molar-refractivity contribution in [3.05, 3.63) is 166 Å². The molecule has 0 fully saturated rings. The van der Waals surface area contributed by atoms with Gasteiger partial charge in [0.15, 0.2) is 0 Å². The first-order valence-corrected chi connectivity index (χ1v) is 17.2. The zero-order valence-electron chi connectivity index (χ0n) is 29.6. The van der Waals surface area contributed by atoms with Crippen LogP contribution in [0, 0.1) is 13.8 Å². The molecule has 0 atom stereocenters. The normalized spacial score (nSPS) is 13.2. The number of hydrogen-bond acceptors (Lipinski definition) is 8. The first-order valence-electron chi connectivity index (χ1n) is 17.2. The van der Waals surface area contributed by atoms with Crippen molar-refractivity contribution in [2.75, 3.05) is 9.80 Å². The second kappa shape index (κ2) is 13.5. The lowest BCUT2D eigenvalue weighted by atomic mass is 9.96. The number of amides is 4. The number of aryl methyl sites for hydroxylation is 2. The number of carbonyl (C=O) groups excluding carboxylic acids is 4. The number of hydrogen-bond donors (Lipinski definition) is 2. The maximum absolute atomic E-state index is 13.0. The van der Waals surface area contributed by atoms with Gasteiger partial charge in [-0.3, -0.25) is 19.2 Å². The van der Waals surface area contributed by atoms with E-state index >= 15 is 0 Å². The number of benzene rings is 6. The molecule has 274 valence electrons. The van der Waals surface area contributed by atoms with Gasteiger partial charge in [0.1, 0.15) is 23.0 Å². The number of aromatic carboxylic acids is 2. The number of nitrogens with zero attached hydrogens (tertiary/aromatic N) is 2. The van der Waals surface area contributed by atoms with Gasteiger partial charge in [-0.25, -0.2) is 19.4 Å². The van der Waals surface area contributed by atoms with E-state index in [-0.39, 0.29) is 33.4 Å². The van der Waals surface area contributed by atoms with Gasteiger partial charge in [0.2, 0.25) is 0 Å². The molecule has 0 radical (unpaired) electrons. The molecule has 0 aliphatic carbocycles. The zero-order valence-corrected chi connectivity index (χ0v) is 29.6. The lowest BCUT2D eigenvalue weighted by Gasteiger charge is -2.16. The third-order valence-electron chi connectivity index (χ3n) is 9.61. The van der Waals surface area contributed by atoms with Crippen molar-refractivity contribution in [3.8, 4) is 34.1 Å². The fourth-order valence-corrected chi connectivity index (χ4v) is 6.82. The Labute approximate surface area is 318 Å². The first kappa shape index (κ1) is 35.2. The molecule has 6 aromatic carbocycles. The summed E-state index contributed by atoms with van der Waals surface area (Å²) >= 11 is 0. The fraction of sp³-hybridized carbons (Fsp3) is 0.0455. The molecule has 0 saturated carbocycles. The van der Waals surface area contributed by atoms with Crippen molar-refractivity contribution in [3.63, 3.8) is 0 Å². The predicted octanol–water partition coefficient (Wildman–Crippen LogP) is 8.55. The van der Waals surface area contributed by atoms with Crippen molar-refractivity contribution < 1.29 is 48.5 Å². The van der Waals surface area contributed by atoms with E-state index in [1.807, 2.05) is 50.2 Å². The summed E-state index contributed by atoms with van der Waals surface area (Å²) in [7, 11) is 0. The molecule has 4 amide bonds. The molecule has 2 aliphatic rings. The second-order valence-electron chi connectivity index (χ2n) is 13.2. The second-order valence-corrected chi connectivity index (χ2v) is 13.2. The average Bonchev–Trinajstić information content (AvgIpc) is 3.59. The molecular formula is C44H28N2O10. The maximum Gasteiger partial charge on any atom is 0.335 e. The molecule has 6 aromatic rings. The Morgan fingerprint density at radius 1 is 0.411 bits per heavy atom. The van der Waals surface area contributed by atoms with Crippen molar-refractivity contribution in [1.82, 2.24) is 0 Å². The summed E-state index contributed by atoms with van der Waals surface area (Å²) in [5.74, 6) is -2.53. The standard InChI is InChI=1S/C44H28N2O10/c1-23-19-31(55-29-9-5-27(6-10-29)45-39(47)35-15-3-25(43(51)52)21-37(35)41(45)49)13-17-33(23)34-18-14-32(20-24(34)2)56-30-11-7-28(8-12-30)46-40(48)36-16-4-26(44(53)54)22-38(36)42(46)50/h3-22H,1-2H3,(H,51,52)(H,53,54). The first-order chi connectivity index (χ1) is 26.9. The molecule has 2 aliphatic heterocycles. The fourth-order valence-electron chi connectivity index (χ4n) is 6.82. The van der Waals surface area contributed by atoms with Crippen LogP contribution in [0.2, 0.25) is 0 Å². The minimum Gasteiger partial charge on any atom is -0.478 e.